The standard InChI is InChI=1S/C26H21ClFN7O4/c1-39-26(38)17-7-11-22(29-14-17)32-25(37)20(13-16-5-3-2-4-6-16)31-23(36)12-8-18-21(35-15-30-33-34-35)10-9-19(27)24(18)28/h2-12,14-15,20H,13H2,1H3,(H,31,36)(H,29,32,37)/t20-/m0/s1. The van der Waals surface area contributed by atoms with E-state index in [4.69, 9.17) is 11.6 Å². The lowest BCUT2D eigenvalue weighted by Gasteiger charge is -2.18. The number of nitrogens with zero attached hydrogens (tertiary/aromatic N) is 5. The molecule has 0 bridgehead atoms. The number of carbonyl (C=O) groups is 3. The molecule has 11 nitrogen and oxygen atoms in total. The number of benzene rings is 2. The van der Waals surface area contributed by atoms with Crippen molar-refractivity contribution in [3.05, 3.63) is 101 Å². The Hall–Kier alpha value is -4.97. The van der Waals surface area contributed by atoms with Crippen LogP contribution in [0.3, 0.4) is 0 Å². The summed E-state index contributed by atoms with van der Waals surface area (Å²) in [6.07, 6.45) is 4.99. The number of tetrazole rings is 1. The predicted octanol–water partition coefficient (Wildman–Crippen LogP) is 3.02. The van der Waals surface area contributed by atoms with E-state index in [1.165, 1.54) is 54.7 Å². The minimum absolute atomic E-state index is 0.0242. The van der Waals surface area contributed by atoms with E-state index in [-0.39, 0.29) is 34.1 Å². The number of hydrogen-bond donors (Lipinski definition) is 2. The van der Waals surface area contributed by atoms with E-state index in [2.05, 4.69) is 35.9 Å². The Morgan fingerprint density at radius 3 is 2.59 bits per heavy atom. The second-order valence-electron chi connectivity index (χ2n) is 8.05. The fourth-order valence-corrected chi connectivity index (χ4v) is 3.71. The van der Waals surface area contributed by atoms with Crippen LogP contribution in [0, 0.1) is 5.82 Å². The van der Waals surface area contributed by atoms with Crippen LogP contribution >= 0.6 is 11.6 Å². The monoisotopic (exact) mass is 549 g/mol. The van der Waals surface area contributed by atoms with E-state index >= 15 is 0 Å². The van der Waals surface area contributed by atoms with Gasteiger partial charge >= 0.3 is 5.97 Å². The molecule has 4 rings (SSSR count). The fraction of sp³-hybridized carbons (Fsp3) is 0.115. The highest BCUT2D eigenvalue weighted by molar-refractivity contribution is 6.31. The van der Waals surface area contributed by atoms with E-state index < -0.39 is 29.6 Å². The Kier molecular flexibility index (Phi) is 8.69. The van der Waals surface area contributed by atoms with E-state index in [1.807, 2.05) is 30.3 Å². The largest absolute Gasteiger partial charge is 0.465 e. The third-order valence-corrected chi connectivity index (χ3v) is 5.75. The van der Waals surface area contributed by atoms with Crippen molar-refractivity contribution in [3.8, 4) is 5.69 Å². The molecule has 0 saturated heterocycles. The maximum absolute atomic E-state index is 14.8. The molecule has 2 N–H and O–H groups in total. The van der Waals surface area contributed by atoms with Gasteiger partial charge in [0.05, 0.1) is 23.4 Å². The number of aromatic nitrogens is 5. The van der Waals surface area contributed by atoms with Gasteiger partial charge in [0.2, 0.25) is 11.8 Å². The van der Waals surface area contributed by atoms with Crippen molar-refractivity contribution in [1.82, 2.24) is 30.5 Å². The zero-order valence-corrected chi connectivity index (χ0v) is 21.2. The summed E-state index contributed by atoms with van der Waals surface area (Å²) in [4.78, 5) is 41.7. The summed E-state index contributed by atoms with van der Waals surface area (Å²) >= 11 is 5.94. The number of esters is 1. The normalized spacial score (nSPS) is 11.7. The Labute approximate surface area is 226 Å². The van der Waals surface area contributed by atoms with Gasteiger partial charge in [-0.25, -0.2) is 14.2 Å². The quantitative estimate of drug-likeness (QED) is 0.240. The zero-order chi connectivity index (χ0) is 27.8. The molecule has 0 unspecified atom stereocenters. The molecule has 0 aliphatic carbocycles. The highest BCUT2D eigenvalue weighted by atomic mass is 35.5. The molecule has 0 spiro atoms. The number of amides is 2. The van der Waals surface area contributed by atoms with E-state index in [0.29, 0.717) is 0 Å². The lowest BCUT2D eigenvalue weighted by atomic mass is 10.0. The first-order chi connectivity index (χ1) is 18.9. The first kappa shape index (κ1) is 27.1. The number of methoxy groups -OCH3 is 1. The molecule has 0 saturated carbocycles. The molecular weight excluding hydrogens is 529 g/mol. The third kappa shape index (κ3) is 6.87. The second-order valence-corrected chi connectivity index (χ2v) is 8.45. The van der Waals surface area contributed by atoms with Gasteiger partial charge in [-0.1, -0.05) is 41.9 Å². The van der Waals surface area contributed by atoms with Crippen molar-refractivity contribution >= 4 is 41.3 Å². The van der Waals surface area contributed by atoms with Gasteiger partial charge in [0.25, 0.3) is 0 Å². The van der Waals surface area contributed by atoms with E-state index in [0.717, 1.165) is 11.6 Å². The van der Waals surface area contributed by atoms with Gasteiger partial charge in [0, 0.05) is 24.3 Å². The number of carbonyl (C=O) groups excluding carboxylic acids is 3. The number of hydrogen-bond acceptors (Lipinski definition) is 8. The molecule has 39 heavy (non-hydrogen) atoms. The molecule has 0 fully saturated rings. The van der Waals surface area contributed by atoms with Crippen molar-refractivity contribution < 1.29 is 23.5 Å². The molecule has 198 valence electrons. The Morgan fingerprint density at radius 2 is 1.92 bits per heavy atom. The summed E-state index contributed by atoms with van der Waals surface area (Å²) in [6.45, 7) is 0. The first-order valence-corrected chi connectivity index (χ1v) is 11.8. The second kappa shape index (κ2) is 12.5. The number of anilines is 1. The van der Waals surface area contributed by atoms with Crippen molar-refractivity contribution in [3.63, 3.8) is 0 Å². The van der Waals surface area contributed by atoms with Gasteiger partial charge in [0.15, 0.2) is 5.82 Å². The number of ether oxygens (including phenoxy) is 1. The summed E-state index contributed by atoms with van der Waals surface area (Å²) in [6, 6.07) is 13.8. The maximum Gasteiger partial charge on any atom is 0.339 e. The van der Waals surface area contributed by atoms with Gasteiger partial charge in [0.1, 0.15) is 18.2 Å². The summed E-state index contributed by atoms with van der Waals surface area (Å²) in [5.74, 6) is -2.39. The highest BCUT2D eigenvalue weighted by Crippen LogP contribution is 2.25. The highest BCUT2D eigenvalue weighted by Gasteiger charge is 2.22. The lowest BCUT2D eigenvalue weighted by molar-refractivity contribution is -0.123. The van der Waals surface area contributed by atoms with Crippen LogP contribution in [0.4, 0.5) is 10.2 Å². The van der Waals surface area contributed by atoms with Crippen LogP contribution in [0.25, 0.3) is 11.8 Å². The van der Waals surface area contributed by atoms with Crippen LogP contribution in [0.15, 0.2) is 73.2 Å². The number of halogens is 2. The third-order valence-electron chi connectivity index (χ3n) is 5.46. The van der Waals surface area contributed by atoms with Crippen LogP contribution in [0.1, 0.15) is 21.5 Å². The number of rotatable bonds is 9. The average Bonchev–Trinajstić information content (AvgIpc) is 3.49. The molecular formula is C26H21ClFN7O4. The van der Waals surface area contributed by atoms with E-state index in [9.17, 15) is 18.8 Å². The molecule has 2 aromatic carbocycles. The van der Waals surface area contributed by atoms with Crippen LogP contribution in [0.5, 0.6) is 0 Å². The van der Waals surface area contributed by atoms with Crippen molar-refractivity contribution in [2.24, 2.45) is 0 Å². The average molecular weight is 550 g/mol. The fourth-order valence-electron chi connectivity index (χ4n) is 3.54. The maximum atomic E-state index is 14.8. The molecule has 0 aliphatic heterocycles. The smallest absolute Gasteiger partial charge is 0.339 e. The zero-order valence-electron chi connectivity index (χ0n) is 20.4. The Balaban J connectivity index is 1.54. The Morgan fingerprint density at radius 1 is 1.13 bits per heavy atom. The van der Waals surface area contributed by atoms with Crippen LogP contribution in [-0.4, -0.2) is 56.1 Å². The molecule has 1 atom stereocenters. The topological polar surface area (TPSA) is 141 Å². The summed E-state index contributed by atoms with van der Waals surface area (Å²) in [7, 11) is 1.25. The Bertz CT molecular complexity index is 1500. The molecule has 2 aromatic heterocycles. The van der Waals surface area contributed by atoms with Crippen LogP contribution in [0.2, 0.25) is 5.02 Å². The van der Waals surface area contributed by atoms with Crippen molar-refractivity contribution in [2.75, 3.05) is 12.4 Å². The molecule has 0 aliphatic rings. The molecule has 4 aromatic rings. The lowest BCUT2D eigenvalue weighted by Crippen LogP contribution is -2.44. The van der Waals surface area contributed by atoms with Crippen LogP contribution in [-0.2, 0) is 20.7 Å². The van der Waals surface area contributed by atoms with Gasteiger partial charge in [-0.3, -0.25) is 9.59 Å². The van der Waals surface area contributed by atoms with Gasteiger partial charge in [-0.05, 0) is 46.3 Å². The first-order valence-electron chi connectivity index (χ1n) is 11.4. The van der Waals surface area contributed by atoms with Gasteiger partial charge < -0.3 is 15.4 Å². The van der Waals surface area contributed by atoms with Crippen molar-refractivity contribution in [1.29, 1.82) is 0 Å². The SMILES string of the molecule is COC(=O)c1ccc(NC(=O)[C@H](Cc2ccccc2)NC(=O)C=Cc2c(-n3cnnn3)ccc(Cl)c2F)nc1. The number of nitrogens with one attached hydrogen (secondary N) is 2. The minimum atomic E-state index is -1.02. The molecule has 2 amide bonds. The molecule has 2 heterocycles. The summed E-state index contributed by atoms with van der Waals surface area (Å²) in [5, 5.41) is 15.9. The van der Waals surface area contributed by atoms with Crippen LogP contribution < -0.4 is 10.6 Å². The summed E-state index contributed by atoms with van der Waals surface area (Å²) < 4.78 is 20.7. The molecule has 13 heteroatoms. The number of pyridine rings is 1. The minimum Gasteiger partial charge on any atom is -0.465 e. The van der Waals surface area contributed by atoms with Gasteiger partial charge in [-0.15, -0.1) is 5.10 Å². The summed E-state index contributed by atoms with van der Waals surface area (Å²) in [5.41, 5.74) is 1.23. The van der Waals surface area contributed by atoms with Crippen molar-refractivity contribution in [2.45, 2.75) is 12.5 Å². The molecule has 0 radical (unpaired) electrons. The van der Waals surface area contributed by atoms with Gasteiger partial charge in [-0.2, -0.15) is 4.68 Å². The van der Waals surface area contributed by atoms with E-state index in [1.54, 1.807) is 0 Å². The predicted molar refractivity (Wildman–Crippen MR) is 139 cm³/mol.